The third kappa shape index (κ3) is 10.9. The molecule has 3 amide bonds. The number of aromatic nitrogens is 5. The highest BCUT2D eigenvalue weighted by Crippen LogP contribution is 2.32. The Labute approximate surface area is 366 Å². The van der Waals surface area contributed by atoms with Gasteiger partial charge in [0.25, 0.3) is 17.7 Å². The van der Waals surface area contributed by atoms with Gasteiger partial charge in [0.1, 0.15) is 5.82 Å². The fraction of sp³-hybridized carbons (Fsp3) is 0.378. The normalized spacial score (nSPS) is 16.7. The van der Waals surface area contributed by atoms with Crippen molar-refractivity contribution in [2.24, 2.45) is 5.92 Å². The molecule has 3 aromatic carbocycles. The summed E-state index contributed by atoms with van der Waals surface area (Å²) >= 11 is 0. The number of pyridine rings is 1. The van der Waals surface area contributed by atoms with E-state index in [9.17, 15) is 32.7 Å². The quantitative estimate of drug-likeness (QED) is 0.0924. The van der Waals surface area contributed by atoms with Crippen molar-refractivity contribution in [3.63, 3.8) is 0 Å². The molecule has 0 unspecified atom stereocenters. The number of carboxylic acid groups (broad SMARTS) is 1. The lowest BCUT2D eigenvalue weighted by molar-refractivity contribution is -0.143. The summed E-state index contributed by atoms with van der Waals surface area (Å²) in [6.45, 7) is 3.76. The average molecular weight is 877 g/mol. The van der Waals surface area contributed by atoms with Gasteiger partial charge in [-0.3, -0.25) is 19.2 Å². The maximum atomic E-state index is 14.0. The second-order valence-electron chi connectivity index (χ2n) is 16.0. The molecular formula is C45H52N10O7S. The number of sulfonamides is 1. The summed E-state index contributed by atoms with van der Waals surface area (Å²) in [6, 6.07) is 23.8. The highest BCUT2D eigenvalue weighted by molar-refractivity contribution is 7.89. The van der Waals surface area contributed by atoms with Gasteiger partial charge in [-0.15, -0.1) is 10.2 Å². The van der Waals surface area contributed by atoms with Crippen LogP contribution >= 0.6 is 0 Å². The first-order valence-electron chi connectivity index (χ1n) is 21.3. The zero-order valence-electron chi connectivity index (χ0n) is 35.4. The van der Waals surface area contributed by atoms with E-state index in [4.69, 9.17) is 4.98 Å². The molecule has 18 heteroatoms. The summed E-state index contributed by atoms with van der Waals surface area (Å²) in [5.74, 6) is -1.60. The van der Waals surface area contributed by atoms with Gasteiger partial charge in [-0.1, -0.05) is 42.5 Å². The van der Waals surface area contributed by atoms with Crippen LogP contribution in [0, 0.1) is 5.92 Å². The minimum absolute atomic E-state index is 0.0105. The Kier molecular flexibility index (Phi) is 14.2. The summed E-state index contributed by atoms with van der Waals surface area (Å²) < 4.78 is 29.2. The fourth-order valence-corrected chi connectivity index (χ4v) is 9.93. The Morgan fingerprint density at radius 3 is 2.14 bits per heavy atom. The van der Waals surface area contributed by atoms with Crippen molar-refractivity contribution in [3.05, 3.63) is 119 Å². The van der Waals surface area contributed by atoms with Gasteiger partial charge in [0.05, 0.1) is 23.0 Å². The number of aromatic amines is 1. The number of hydrogen-bond acceptors (Lipinski definition) is 11. The molecule has 7 rings (SSSR count). The van der Waals surface area contributed by atoms with Crippen LogP contribution < -0.4 is 15.5 Å². The molecule has 1 aliphatic heterocycles. The molecular weight excluding hydrogens is 825 g/mol. The van der Waals surface area contributed by atoms with E-state index < -0.39 is 33.7 Å². The Morgan fingerprint density at radius 1 is 0.825 bits per heavy atom. The number of carboxylic acids is 1. The smallest absolute Gasteiger partial charge is 0.306 e. The number of H-pyrrole nitrogens is 1. The Balaban J connectivity index is 1.01. The van der Waals surface area contributed by atoms with Gasteiger partial charge in [0.15, 0.2) is 11.5 Å². The van der Waals surface area contributed by atoms with Crippen molar-refractivity contribution in [1.82, 2.24) is 34.8 Å². The van der Waals surface area contributed by atoms with E-state index in [-0.39, 0.29) is 46.9 Å². The number of piperidine rings is 1. The van der Waals surface area contributed by atoms with E-state index in [1.807, 2.05) is 36.4 Å². The topological polar surface area (TPSA) is 224 Å². The highest BCUT2D eigenvalue weighted by atomic mass is 32.2. The van der Waals surface area contributed by atoms with Crippen molar-refractivity contribution in [2.45, 2.75) is 82.2 Å². The molecule has 1 saturated heterocycles. The number of rotatable bonds is 16. The summed E-state index contributed by atoms with van der Waals surface area (Å²) in [4.78, 5) is 60.5. The summed E-state index contributed by atoms with van der Waals surface area (Å²) in [6.07, 6.45) is 6.23. The van der Waals surface area contributed by atoms with E-state index in [1.54, 1.807) is 38.2 Å². The van der Waals surface area contributed by atoms with E-state index in [2.05, 4.69) is 36.2 Å². The largest absolute Gasteiger partial charge is 0.481 e. The molecule has 0 spiro atoms. The summed E-state index contributed by atoms with van der Waals surface area (Å²) in [7, 11) is -2.34. The van der Waals surface area contributed by atoms with Crippen LogP contribution in [0.3, 0.4) is 0 Å². The molecule has 0 radical (unpaired) electrons. The lowest BCUT2D eigenvalue weighted by Gasteiger charge is -2.34. The second-order valence-corrected chi connectivity index (χ2v) is 17.9. The molecule has 4 N–H and O–H groups in total. The summed E-state index contributed by atoms with van der Waals surface area (Å²) in [5.41, 5.74) is 3.45. The zero-order chi connectivity index (χ0) is 44.5. The van der Waals surface area contributed by atoms with Gasteiger partial charge in [0.2, 0.25) is 10.0 Å². The number of aliphatic carboxylic acids is 1. The number of nitrogens with zero attached hydrogens (tertiary/aromatic N) is 7. The number of carbonyl (C=O) groups excluding carboxylic acids is 3. The molecule has 3 heterocycles. The molecule has 0 atom stereocenters. The lowest BCUT2D eigenvalue weighted by Crippen LogP contribution is -2.42. The maximum absolute atomic E-state index is 14.0. The van der Waals surface area contributed by atoms with E-state index in [0.29, 0.717) is 48.6 Å². The maximum Gasteiger partial charge on any atom is 0.306 e. The number of hydrogen-bond donors (Lipinski definition) is 4. The summed E-state index contributed by atoms with van der Waals surface area (Å²) in [5, 5.41) is 28.9. The first-order valence-corrected chi connectivity index (χ1v) is 22.7. The van der Waals surface area contributed by atoms with Crippen molar-refractivity contribution < 1.29 is 32.7 Å². The van der Waals surface area contributed by atoms with Crippen molar-refractivity contribution in [2.75, 3.05) is 42.2 Å². The van der Waals surface area contributed by atoms with Crippen LogP contribution in [0.4, 0.5) is 17.2 Å². The lowest BCUT2D eigenvalue weighted by atomic mass is 9.86. The van der Waals surface area contributed by atoms with Crippen LogP contribution in [0.1, 0.15) is 100 Å². The Hall–Kier alpha value is -6.53. The van der Waals surface area contributed by atoms with E-state index >= 15 is 0 Å². The SMILES string of the molecule is CCN(C1CCC(C(=O)O)CC1)S(=O)(=O)c1cccc(C(=O)Nc2ccc(N3CCCCC3)nc2C(=O)Nc2ccc(CCc3ccc(C(=O)N(C)Cc4nn[nH]n4)cc3)cc2)c1. The van der Waals surface area contributed by atoms with Crippen LogP contribution in [-0.2, 0) is 34.2 Å². The van der Waals surface area contributed by atoms with Crippen molar-refractivity contribution >= 4 is 50.9 Å². The number of amides is 3. The molecule has 1 aliphatic carbocycles. The number of tetrazole rings is 1. The molecule has 5 aromatic rings. The fourth-order valence-electron chi connectivity index (χ4n) is 8.19. The predicted molar refractivity (Wildman–Crippen MR) is 236 cm³/mol. The second kappa shape index (κ2) is 20.1. The molecule has 0 bridgehead atoms. The monoisotopic (exact) mass is 876 g/mol. The molecule has 63 heavy (non-hydrogen) atoms. The zero-order valence-corrected chi connectivity index (χ0v) is 36.2. The number of anilines is 3. The third-order valence-electron chi connectivity index (χ3n) is 11.7. The minimum Gasteiger partial charge on any atom is -0.481 e. The van der Waals surface area contributed by atoms with Crippen molar-refractivity contribution in [3.8, 4) is 0 Å². The molecule has 1 saturated carbocycles. The minimum atomic E-state index is -4.02. The van der Waals surface area contributed by atoms with E-state index in [1.165, 1.54) is 33.5 Å². The molecule has 17 nitrogen and oxygen atoms in total. The number of carbonyl (C=O) groups is 4. The van der Waals surface area contributed by atoms with Crippen LogP contribution in [-0.4, -0.2) is 105 Å². The molecule has 2 aliphatic rings. The highest BCUT2D eigenvalue weighted by Gasteiger charge is 2.35. The first-order chi connectivity index (χ1) is 30.4. The number of aryl methyl sites for hydroxylation is 2. The van der Waals surface area contributed by atoms with Crippen molar-refractivity contribution in [1.29, 1.82) is 0 Å². The Morgan fingerprint density at radius 2 is 1.51 bits per heavy atom. The molecule has 2 fully saturated rings. The van der Waals surface area contributed by atoms with Crippen LogP contribution in [0.2, 0.25) is 0 Å². The molecule has 2 aromatic heterocycles. The van der Waals surface area contributed by atoms with Crippen LogP contribution in [0.5, 0.6) is 0 Å². The first kappa shape index (κ1) is 44.5. The van der Waals surface area contributed by atoms with Crippen LogP contribution in [0.25, 0.3) is 0 Å². The van der Waals surface area contributed by atoms with Crippen LogP contribution in [0.15, 0.2) is 89.8 Å². The number of benzene rings is 3. The van der Waals surface area contributed by atoms with Gasteiger partial charge in [-0.25, -0.2) is 13.4 Å². The van der Waals surface area contributed by atoms with Gasteiger partial charge >= 0.3 is 5.97 Å². The standard InChI is InChI=1S/C45H52N10O7S/c1-3-55(36-22-18-33(19-23-36)45(59)60)63(61,62)37-9-7-8-34(28-37)42(56)47-38-24-25-40(54-26-5-4-6-27-54)48-41(38)43(57)46-35-20-14-31(15-21-35)11-10-30-12-16-32(17-13-30)44(58)53(2)29-39-49-51-52-50-39/h7-9,12-17,20-21,24-25,28,33,36H,3-6,10-11,18-19,22-23,26-27,29H2,1-2H3,(H,46,57)(H,47,56)(H,59,60)(H,49,50,51,52). The van der Waals surface area contributed by atoms with Gasteiger partial charge < -0.3 is 25.5 Å². The van der Waals surface area contributed by atoms with E-state index in [0.717, 1.165) is 56.3 Å². The number of nitrogens with one attached hydrogen (secondary N) is 3. The average Bonchev–Trinajstić information content (AvgIpc) is 3.82. The van der Waals surface area contributed by atoms with Gasteiger partial charge in [-0.2, -0.15) is 9.52 Å². The predicted octanol–water partition coefficient (Wildman–Crippen LogP) is 5.80. The van der Waals surface area contributed by atoms with Gasteiger partial charge in [-0.05, 0) is 124 Å². The van der Waals surface area contributed by atoms with Gasteiger partial charge in [0, 0.05) is 49.5 Å². The Bertz CT molecular complexity index is 2500. The third-order valence-corrected chi connectivity index (χ3v) is 13.7. The molecule has 330 valence electrons.